The van der Waals surface area contributed by atoms with Crippen molar-refractivity contribution in [3.63, 3.8) is 0 Å². The fraction of sp³-hybridized carbons (Fsp3) is 0.250. The van der Waals surface area contributed by atoms with Gasteiger partial charge in [0, 0.05) is 6.42 Å². The molecule has 1 atom stereocenters. The average Bonchev–Trinajstić information content (AvgIpc) is 3.38. The molecular weight excluding hydrogens is 445 g/mol. The van der Waals surface area contributed by atoms with Crippen molar-refractivity contribution in [3.8, 4) is 5.75 Å². The van der Waals surface area contributed by atoms with Gasteiger partial charge in [0.15, 0.2) is 5.43 Å². The summed E-state index contributed by atoms with van der Waals surface area (Å²) >= 11 is 1.31. The fourth-order valence-corrected chi connectivity index (χ4v) is 4.99. The second kappa shape index (κ2) is 8.40. The molecule has 168 valence electrons. The maximum atomic E-state index is 13.9. The summed E-state index contributed by atoms with van der Waals surface area (Å²) in [6.07, 6.45) is 1.63. The number of halogens is 1. The molecule has 0 fully saturated rings. The maximum Gasteiger partial charge on any atom is 0.297 e. The van der Waals surface area contributed by atoms with Crippen molar-refractivity contribution in [2.75, 3.05) is 11.5 Å². The topological polar surface area (TPSA) is 85.5 Å². The number of hydrogen-bond acceptors (Lipinski definition) is 7. The van der Waals surface area contributed by atoms with Crippen LogP contribution in [0.25, 0.3) is 11.0 Å². The molecule has 0 bridgehead atoms. The first kappa shape index (κ1) is 21.3. The Morgan fingerprint density at radius 1 is 1.12 bits per heavy atom. The molecule has 1 aliphatic heterocycles. The third kappa shape index (κ3) is 3.58. The molecule has 7 nitrogen and oxygen atoms in total. The van der Waals surface area contributed by atoms with Gasteiger partial charge in [-0.15, -0.1) is 10.2 Å². The molecule has 0 saturated heterocycles. The predicted molar refractivity (Wildman–Crippen MR) is 123 cm³/mol. The first-order chi connectivity index (χ1) is 16.0. The van der Waals surface area contributed by atoms with E-state index >= 15 is 0 Å². The minimum Gasteiger partial charge on any atom is -0.494 e. The van der Waals surface area contributed by atoms with Gasteiger partial charge in [0.1, 0.15) is 22.2 Å². The highest BCUT2D eigenvalue weighted by Crippen LogP contribution is 2.42. The van der Waals surface area contributed by atoms with E-state index in [4.69, 9.17) is 9.15 Å². The van der Waals surface area contributed by atoms with Crippen molar-refractivity contribution in [2.24, 2.45) is 0 Å². The number of carbonyl (C=O) groups is 1. The fourth-order valence-electron chi connectivity index (χ4n) is 4.03. The molecule has 0 saturated carbocycles. The molecule has 0 unspecified atom stereocenters. The van der Waals surface area contributed by atoms with Crippen molar-refractivity contribution in [1.29, 1.82) is 0 Å². The molecule has 0 radical (unpaired) electrons. The SMILES string of the molecule is CCCc1nnc(N2C(=O)c3oc4ccc(F)cc4c(=O)c3[C@@H]2c2ccc(OCC)cc2)s1. The Hall–Kier alpha value is -3.59. The number of hydrogen-bond donors (Lipinski definition) is 0. The number of anilines is 1. The van der Waals surface area contributed by atoms with Gasteiger partial charge in [-0.1, -0.05) is 30.4 Å². The normalized spacial score (nSPS) is 15.3. The van der Waals surface area contributed by atoms with Crippen LogP contribution in [0, 0.1) is 5.82 Å². The molecule has 2 aromatic carbocycles. The number of ether oxygens (including phenoxy) is 1. The summed E-state index contributed by atoms with van der Waals surface area (Å²) in [5, 5.41) is 9.70. The zero-order valence-corrected chi connectivity index (χ0v) is 18.8. The van der Waals surface area contributed by atoms with Gasteiger partial charge in [0.2, 0.25) is 10.9 Å². The summed E-state index contributed by atoms with van der Waals surface area (Å²) in [5.74, 6) is -0.426. The van der Waals surface area contributed by atoms with Crippen LogP contribution in [0.1, 0.15) is 53.0 Å². The van der Waals surface area contributed by atoms with Crippen LogP contribution < -0.4 is 15.1 Å². The second-order valence-electron chi connectivity index (χ2n) is 7.62. The van der Waals surface area contributed by atoms with Gasteiger partial charge in [-0.2, -0.15) is 0 Å². The average molecular weight is 466 g/mol. The molecule has 1 aliphatic rings. The number of amides is 1. The number of carbonyl (C=O) groups excluding carboxylic acids is 1. The molecule has 5 rings (SSSR count). The Balaban J connectivity index is 1.72. The highest BCUT2D eigenvalue weighted by molar-refractivity contribution is 7.15. The summed E-state index contributed by atoms with van der Waals surface area (Å²) in [4.78, 5) is 28.4. The standard InChI is InChI=1S/C24H20FN3O4S/c1-3-5-18-26-27-24(33-18)28-20(13-6-9-15(10-7-13)31-4-2)19-21(29)16-12-14(25)8-11-17(16)32-22(19)23(28)30/h6-12,20H,3-5H2,1-2H3/t20-/m0/s1. The second-order valence-corrected chi connectivity index (χ2v) is 8.66. The Labute approximate surface area is 192 Å². The van der Waals surface area contributed by atoms with Gasteiger partial charge in [0.25, 0.3) is 5.91 Å². The third-order valence-corrected chi connectivity index (χ3v) is 6.45. The van der Waals surface area contributed by atoms with Crippen LogP contribution in [-0.2, 0) is 6.42 Å². The van der Waals surface area contributed by atoms with Crippen molar-refractivity contribution in [2.45, 2.75) is 32.7 Å². The number of aromatic nitrogens is 2. The Bertz CT molecular complexity index is 1410. The highest BCUT2D eigenvalue weighted by Gasteiger charge is 2.45. The lowest BCUT2D eigenvalue weighted by molar-refractivity contribution is 0.0970. The summed E-state index contributed by atoms with van der Waals surface area (Å²) in [7, 11) is 0. The summed E-state index contributed by atoms with van der Waals surface area (Å²) < 4.78 is 25.3. The monoisotopic (exact) mass is 465 g/mol. The van der Waals surface area contributed by atoms with Crippen LogP contribution in [0.2, 0.25) is 0 Å². The van der Waals surface area contributed by atoms with E-state index < -0.39 is 23.2 Å². The first-order valence-corrected chi connectivity index (χ1v) is 11.5. The van der Waals surface area contributed by atoms with Crippen LogP contribution in [-0.4, -0.2) is 22.7 Å². The van der Waals surface area contributed by atoms with E-state index in [2.05, 4.69) is 10.2 Å². The molecular formula is C24H20FN3O4S. The van der Waals surface area contributed by atoms with Crippen LogP contribution in [0.5, 0.6) is 5.75 Å². The Morgan fingerprint density at radius 3 is 2.64 bits per heavy atom. The van der Waals surface area contributed by atoms with E-state index in [1.165, 1.54) is 28.4 Å². The quantitative estimate of drug-likeness (QED) is 0.403. The number of aryl methyl sites for hydroxylation is 1. The maximum absolute atomic E-state index is 13.9. The lowest BCUT2D eigenvalue weighted by Gasteiger charge is -2.22. The molecule has 1 amide bonds. The molecule has 3 heterocycles. The van der Waals surface area contributed by atoms with Crippen molar-refractivity contribution in [3.05, 3.63) is 80.4 Å². The van der Waals surface area contributed by atoms with Crippen LogP contribution in [0.3, 0.4) is 0 Å². The van der Waals surface area contributed by atoms with Gasteiger partial charge in [-0.05, 0) is 49.2 Å². The Kier molecular flexibility index (Phi) is 5.41. The smallest absolute Gasteiger partial charge is 0.297 e. The minimum absolute atomic E-state index is 0.0646. The zero-order valence-electron chi connectivity index (χ0n) is 18.0. The summed E-state index contributed by atoms with van der Waals surface area (Å²) in [5.41, 5.74) is 0.555. The molecule has 0 N–H and O–H groups in total. The first-order valence-electron chi connectivity index (χ1n) is 10.7. The van der Waals surface area contributed by atoms with Gasteiger partial charge in [-0.3, -0.25) is 14.5 Å². The molecule has 9 heteroatoms. The minimum atomic E-state index is -0.783. The molecule has 0 aliphatic carbocycles. The van der Waals surface area contributed by atoms with Gasteiger partial charge < -0.3 is 9.15 Å². The van der Waals surface area contributed by atoms with Gasteiger partial charge in [-0.25, -0.2) is 4.39 Å². The van der Waals surface area contributed by atoms with Crippen molar-refractivity contribution >= 4 is 33.3 Å². The van der Waals surface area contributed by atoms with Crippen LogP contribution in [0.4, 0.5) is 9.52 Å². The number of rotatable bonds is 6. The lowest BCUT2D eigenvalue weighted by Crippen LogP contribution is -2.29. The van der Waals surface area contributed by atoms with Crippen LogP contribution >= 0.6 is 11.3 Å². The number of nitrogens with zero attached hydrogens (tertiary/aromatic N) is 3. The molecule has 0 spiro atoms. The molecule has 2 aromatic heterocycles. The van der Waals surface area contributed by atoms with E-state index in [0.29, 0.717) is 23.1 Å². The van der Waals surface area contributed by atoms with E-state index in [-0.39, 0.29) is 22.3 Å². The summed E-state index contributed by atoms with van der Waals surface area (Å²) in [6, 6.07) is 10.1. The summed E-state index contributed by atoms with van der Waals surface area (Å²) in [6.45, 7) is 4.44. The third-order valence-electron chi connectivity index (χ3n) is 5.47. The number of fused-ring (bicyclic) bond motifs is 2. The Morgan fingerprint density at radius 2 is 1.91 bits per heavy atom. The number of benzene rings is 2. The zero-order chi connectivity index (χ0) is 23.1. The van der Waals surface area contributed by atoms with Crippen molar-refractivity contribution < 1.29 is 18.3 Å². The van der Waals surface area contributed by atoms with E-state index in [9.17, 15) is 14.0 Å². The largest absolute Gasteiger partial charge is 0.494 e. The molecule has 4 aromatic rings. The highest BCUT2D eigenvalue weighted by atomic mass is 32.1. The molecule has 33 heavy (non-hydrogen) atoms. The van der Waals surface area contributed by atoms with Crippen molar-refractivity contribution in [1.82, 2.24) is 10.2 Å². The van der Waals surface area contributed by atoms with Gasteiger partial charge >= 0.3 is 0 Å². The van der Waals surface area contributed by atoms with E-state index in [1.807, 2.05) is 13.8 Å². The lowest BCUT2D eigenvalue weighted by atomic mass is 9.98. The predicted octanol–water partition coefficient (Wildman–Crippen LogP) is 4.88. The van der Waals surface area contributed by atoms with E-state index in [0.717, 1.165) is 23.9 Å². The van der Waals surface area contributed by atoms with Crippen LogP contribution in [0.15, 0.2) is 51.7 Å². The van der Waals surface area contributed by atoms with Gasteiger partial charge in [0.05, 0.1) is 23.6 Å². The van der Waals surface area contributed by atoms with E-state index in [1.54, 1.807) is 24.3 Å².